The van der Waals surface area contributed by atoms with Gasteiger partial charge in [0.15, 0.2) is 0 Å². The molecule has 2 aromatic rings. The summed E-state index contributed by atoms with van der Waals surface area (Å²) in [5.74, 6) is 0.537. The number of pyridine rings is 1. The van der Waals surface area contributed by atoms with E-state index in [2.05, 4.69) is 4.98 Å². The minimum absolute atomic E-state index is 0.0762. The lowest BCUT2D eigenvalue weighted by atomic mass is 10.1. The second kappa shape index (κ2) is 6.22. The minimum Gasteiger partial charge on any atom is -0.381 e. The van der Waals surface area contributed by atoms with Gasteiger partial charge in [-0.05, 0) is 25.5 Å². The number of nitrogens with zero attached hydrogens (tertiary/aromatic N) is 2. The zero-order chi connectivity index (χ0) is 14.7. The molecule has 110 valence electrons. The van der Waals surface area contributed by atoms with Gasteiger partial charge in [-0.2, -0.15) is 0 Å². The number of ether oxygens (including phenoxy) is 1. The molecule has 0 saturated carbocycles. The average Bonchev–Trinajstić information content (AvgIpc) is 3.00. The van der Waals surface area contributed by atoms with Gasteiger partial charge in [0.25, 0.3) is 5.91 Å². The van der Waals surface area contributed by atoms with E-state index in [4.69, 9.17) is 4.74 Å². The number of benzene rings is 1. The normalized spacial score (nSPS) is 18.3. The molecule has 1 aliphatic rings. The molecule has 1 saturated heterocycles. The van der Waals surface area contributed by atoms with Gasteiger partial charge < -0.3 is 9.64 Å². The van der Waals surface area contributed by atoms with Crippen LogP contribution in [0, 0.1) is 5.92 Å². The Kier molecular flexibility index (Phi) is 4.15. The molecule has 0 spiro atoms. The van der Waals surface area contributed by atoms with E-state index >= 15 is 0 Å². The highest BCUT2D eigenvalue weighted by Gasteiger charge is 2.27. The third kappa shape index (κ3) is 3.05. The van der Waals surface area contributed by atoms with E-state index in [1.165, 1.54) is 0 Å². The number of para-hydroxylation sites is 1. The van der Waals surface area contributed by atoms with E-state index in [9.17, 15) is 4.79 Å². The monoisotopic (exact) mass is 284 g/mol. The van der Waals surface area contributed by atoms with Crippen LogP contribution in [0.15, 0.2) is 36.5 Å². The van der Waals surface area contributed by atoms with Gasteiger partial charge in [-0.1, -0.05) is 18.2 Å². The number of hydrogen-bond acceptors (Lipinski definition) is 3. The van der Waals surface area contributed by atoms with E-state index < -0.39 is 0 Å². The number of carbonyl (C=O) groups is 1. The summed E-state index contributed by atoms with van der Waals surface area (Å²) in [6, 6.07) is 9.79. The van der Waals surface area contributed by atoms with E-state index in [1.54, 1.807) is 6.20 Å². The van der Waals surface area contributed by atoms with Crippen LogP contribution in [-0.2, 0) is 4.74 Å². The molecule has 0 bridgehead atoms. The summed E-state index contributed by atoms with van der Waals surface area (Å²) in [6.07, 6.45) is 2.70. The SMILES string of the molecule is CCOC[C@@H]1CCN(C(=O)c2cnc3ccccc3c2)C1. The third-order valence-electron chi connectivity index (χ3n) is 3.97. The second-order valence-electron chi connectivity index (χ2n) is 5.48. The maximum absolute atomic E-state index is 12.6. The fourth-order valence-corrected chi connectivity index (χ4v) is 2.81. The number of rotatable bonds is 4. The predicted molar refractivity (Wildman–Crippen MR) is 82.2 cm³/mol. The van der Waals surface area contributed by atoms with Crippen LogP contribution in [0.1, 0.15) is 23.7 Å². The summed E-state index contributed by atoms with van der Waals surface area (Å²) in [6.45, 7) is 5.07. The highest BCUT2D eigenvalue weighted by atomic mass is 16.5. The lowest BCUT2D eigenvalue weighted by Gasteiger charge is -2.16. The Bertz CT molecular complexity index is 641. The van der Waals surface area contributed by atoms with Gasteiger partial charge in [0.1, 0.15) is 0 Å². The van der Waals surface area contributed by atoms with Crippen LogP contribution in [-0.4, -0.2) is 42.1 Å². The quantitative estimate of drug-likeness (QED) is 0.867. The molecule has 1 fully saturated rings. The fourth-order valence-electron chi connectivity index (χ4n) is 2.81. The molecule has 21 heavy (non-hydrogen) atoms. The Morgan fingerprint density at radius 1 is 1.43 bits per heavy atom. The molecule has 0 aliphatic carbocycles. The van der Waals surface area contributed by atoms with Crippen molar-refractivity contribution in [2.75, 3.05) is 26.3 Å². The van der Waals surface area contributed by atoms with Crippen molar-refractivity contribution in [3.8, 4) is 0 Å². The summed E-state index contributed by atoms with van der Waals surface area (Å²) in [5, 5.41) is 1.01. The summed E-state index contributed by atoms with van der Waals surface area (Å²) >= 11 is 0. The van der Waals surface area contributed by atoms with Crippen molar-refractivity contribution in [3.05, 3.63) is 42.1 Å². The van der Waals surface area contributed by atoms with Gasteiger partial charge in [0, 0.05) is 37.2 Å². The molecule has 0 unspecified atom stereocenters. The second-order valence-corrected chi connectivity index (χ2v) is 5.48. The first-order valence-electron chi connectivity index (χ1n) is 7.49. The lowest BCUT2D eigenvalue weighted by Crippen LogP contribution is -2.29. The van der Waals surface area contributed by atoms with Gasteiger partial charge in [0.05, 0.1) is 17.7 Å². The first-order valence-corrected chi connectivity index (χ1v) is 7.49. The van der Waals surface area contributed by atoms with Crippen molar-refractivity contribution in [2.24, 2.45) is 5.92 Å². The minimum atomic E-state index is 0.0762. The number of hydrogen-bond donors (Lipinski definition) is 0. The largest absolute Gasteiger partial charge is 0.381 e. The van der Waals surface area contributed by atoms with E-state index in [1.807, 2.05) is 42.2 Å². The number of likely N-dealkylation sites (tertiary alicyclic amines) is 1. The molecule has 3 rings (SSSR count). The molecule has 1 amide bonds. The molecule has 0 N–H and O–H groups in total. The van der Waals surface area contributed by atoms with Crippen LogP contribution in [0.25, 0.3) is 10.9 Å². The third-order valence-corrected chi connectivity index (χ3v) is 3.97. The highest BCUT2D eigenvalue weighted by molar-refractivity contribution is 5.97. The first-order chi connectivity index (χ1) is 10.3. The van der Waals surface area contributed by atoms with Crippen LogP contribution in [0.3, 0.4) is 0 Å². The van der Waals surface area contributed by atoms with Crippen LogP contribution in [0.4, 0.5) is 0 Å². The van der Waals surface area contributed by atoms with Gasteiger partial charge in [-0.15, -0.1) is 0 Å². The van der Waals surface area contributed by atoms with Crippen LogP contribution >= 0.6 is 0 Å². The Labute approximate surface area is 124 Å². The molecule has 0 radical (unpaired) electrons. The highest BCUT2D eigenvalue weighted by Crippen LogP contribution is 2.20. The smallest absolute Gasteiger partial charge is 0.255 e. The summed E-state index contributed by atoms with van der Waals surface area (Å²) in [7, 11) is 0. The van der Waals surface area contributed by atoms with E-state index in [0.717, 1.165) is 43.6 Å². The van der Waals surface area contributed by atoms with Crippen molar-refractivity contribution in [1.82, 2.24) is 9.88 Å². The van der Waals surface area contributed by atoms with Gasteiger partial charge >= 0.3 is 0 Å². The van der Waals surface area contributed by atoms with Crippen molar-refractivity contribution in [2.45, 2.75) is 13.3 Å². The molecule has 4 nitrogen and oxygen atoms in total. The van der Waals surface area contributed by atoms with Gasteiger partial charge in [-0.3, -0.25) is 9.78 Å². The molecule has 1 aromatic carbocycles. The van der Waals surface area contributed by atoms with E-state index in [0.29, 0.717) is 11.5 Å². The predicted octanol–water partition coefficient (Wildman–Crippen LogP) is 2.73. The number of carbonyl (C=O) groups excluding carboxylic acids is 1. The Hall–Kier alpha value is -1.94. The van der Waals surface area contributed by atoms with Crippen molar-refractivity contribution in [1.29, 1.82) is 0 Å². The Morgan fingerprint density at radius 3 is 3.14 bits per heavy atom. The Balaban J connectivity index is 1.72. The molecular weight excluding hydrogens is 264 g/mol. The average molecular weight is 284 g/mol. The molecule has 4 heteroatoms. The number of amides is 1. The molecule has 1 aliphatic heterocycles. The molecule has 1 atom stereocenters. The van der Waals surface area contributed by atoms with Crippen LogP contribution in [0.2, 0.25) is 0 Å². The maximum atomic E-state index is 12.6. The summed E-state index contributed by atoms with van der Waals surface area (Å²) < 4.78 is 5.46. The number of aromatic nitrogens is 1. The Morgan fingerprint density at radius 2 is 2.29 bits per heavy atom. The van der Waals surface area contributed by atoms with Crippen LogP contribution in [0.5, 0.6) is 0 Å². The number of fused-ring (bicyclic) bond motifs is 1. The zero-order valence-electron chi connectivity index (χ0n) is 12.3. The zero-order valence-corrected chi connectivity index (χ0v) is 12.3. The topological polar surface area (TPSA) is 42.4 Å². The summed E-state index contributed by atoms with van der Waals surface area (Å²) in [4.78, 5) is 18.8. The van der Waals surface area contributed by atoms with Crippen LogP contribution < -0.4 is 0 Å². The maximum Gasteiger partial charge on any atom is 0.255 e. The van der Waals surface area contributed by atoms with Crippen molar-refractivity contribution in [3.63, 3.8) is 0 Å². The van der Waals surface area contributed by atoms with Gasteiger partial charge in [0.2, 0.25) is 0 Å². The molecular formula is C17H20N2O2. The van der Waals surface area contributed by atoms with Crippen molar-refractivity contribution < 1.29 is 9.53 Å². The van der Waals surface area contributed by atoms with Gasteiger partial charge in [-0.25, -0.2) is 0 Å². The molecule has 1 aromatic heterocycles. The first kappa shape index (κ1) is 14.0. The molecule has 2 heterocycles. The van der Waals surface area contributed by atoms with E-state index in [-0.39, 0.29) is 5.91 Å². The van der Waals surface area contributed by atoms with Crippen molar-refractivity contribution >= 4 is 16.8 Å². The standard InChI is InChI=1S/C17H20N2O2/c1-2-21-12-13-7-8-19(11-13)17(20)15-9-14-5-3-4-6-16(14)18-10-15/h3-6,9-10,13H,2,7-8,11-12H2,1H3/t13-/m1/s1. The summed E-state index contributed by atoms with van der Waals surface area (Å²) in [5.41, 5.74) is 1.59. The lowest BCUT2D eigenvalue weighted by molar-refractivity contribution is 0.0762. The fraction of sp³-hybridized carbons (Fsp3) is 0.412.